The van der Waals surface area contributed by atoms with E-state index in [4.69, 9.17) is 16.3 Å². The van der Waals surface area contributed by atoms with Crippen molar-refractivity contribution in [3.05, 3.63) is 80.7 Å². The van der Waals surface area contributed by atoms with Crippen LogP contribution in [0.15, 0.2) is 48.5 Å². The van der Waals surface area contributed by atoms with Gasteiger partial charge >= 0.3 is 5.97 Å². The van der Waals surface area contributed by atoms with Crippen LogP contribution in [0.25, 0.3) is 0 Å². The van der Waals surface area contributed by atoms with Gasteiger partial charge in [-0.15, -0.1) is 11.3 Å². The number of nitrogens with one attached hydrogen (secondary N) is 2. The second kappa shape index (κ2) is 8.82. The van der Waals surface area contributed by atoms with Gasteiger partial charge in [0, 0.05) is 29.0 Å². The highest BCUT2D eigenvalue weighted by Crippen LogP contribution is 2.41. The molecule has 33 heavy (non-hydrogen) atoms. The Morgan fingerprint density at radius 3 is 2.55 bits per heavy atom. The Morgan fingerprint density at radius 1 is 1.12 bits per heavy atom. The van der Waals surface area contributed by atoms with Gasteiger partial charge in [0.15, 0.2) is 0 Å². The summed E-state index contributed by atoms with van der Waals surface area (Å²) in [6.45, 7) is 6.27. The molecule has 1 atom stereocenters. The van der Waals surface area contributed by atoms with Gasteiger partial charge in [-0.05, 0) is 67.8 Å². The molecule has 0 aliphatic carbocycles. The van der Waals surface area contributed by atoms with Crippen LogP contribution in [0.3, 0.4) is 0 Å². The molecule has 0 bridgehead atoms. The molecule has 1 aromatic heterocycles. The third-order valence-corrected chi connectivity index (χ3v) is 7.50. The monoisotopic (exact) mass is 481 g/mol. The maximum Gasteiger partial charge on any atom is 0.343 e. The molecule has 0 spiro atoms. The minimum absolute atomic E-state index is 0.0394. The molecule has 0 unspecified atom stereocenters. The molecule has 8 heteroatoms. The Labute approximate surface area is 201 Å². The van der Waals surface area contributed by atoms with Crippen molar-refractivity contribution < 1.29 is 14.3 Å². The first-order valence-corrected chi connectivity index (χ1v) is 12.1. The Bertz CT molecular complexity index is 1200. The molecule has 3 heterocycles. The number of halogens is 1. The normalized spacial score (nSPS) is 17.7. The SMILES string of the molecule is CC(C)N1CCc2c(sc3c2C(=O)N[C@H](c2ccc(OC(=O)c4ccc(Cl)cc4)cc2)N3)C1. The fraction of sp³-hybridized carbons (Fsp3) is 0.280. The first-order valence-electron chi connectivity index (χ1n) is 10.9. The summed E-state index contributed by atoms with van der Waals surface area (Å²) in [5, 5.41) is 8.05. The fourth-order valence-electron chi connectivity index (χ4n) is 4.22. The van der Waals surface area contributed by atoms with Crippen LogP contribution in [0.4, 0.5) is 5.00 Å². The topological polar surface area (TPSA) is 70.7 Å². The Morgan fingerprint density at radius 2 is 1.85 bits per heavy atom. The highest BCUT2D eigenvalue weighted by atomic mass is 35.5. The molecule has 0 saturated heterocycles. The number of amides is 1. The molecule has 170 valence electrons. The maximum atomic E-state index is 13.0. The third-order valence-electron chi connectivity index (χ3n) is 6.10. The van der Waals surface area contributed by atoms with E-state index in [1.54, 1.807) is 47.7 Å². The summed E-state index contributed by atoms with van der Waals surface area (Å²) in [7, 11) is 0. The van der Waals surface area contributed by atoms with Gasteiger partial charge in [-0.3, -0.25) is 9.69 Å². The zero-order chi connectivity index (χ0) is 23.1. The number of esters is 1. The summed E-state index contributed by atoms with van der Waals surface area (Å²) < 4.78 is 5.45. The largest absolute Gasteiger partial charge is 0.423 e. The Hall–Kier alpha value is -2.87. The lowest BCUT2D eigenvalue weighted by Gasteiger charge is -2.31. The second-order valence-electron chi connectivity index (χ2n) is 8.54. The van der Waals surface area contributed by atoms with Crippen molar-refractivity contribution in [2.45, 2.75) is 39.0 Å². The van der Waals surface area contributed by atoms with E-state index < -0.39 is 5.97 Å². The molecule has 2 aromatic carbocycles. The van der Waals surface area contributed by atoms with E-state index in [1.807, 2.05) is 12.1 Å². The van der Waals surface area contributed by atoms with Crippen LogP contribution in [0.5, 0.6) is 5.75 Å². The number of carbonyl (C=O) groups excluding carboxylic acids is 2. The summed E-state index contributed by atoms with van der Waals surface area (Å²) in [5.41, 5.74) is 3.29. The van der Waals surface area contributed by atoms with Gasteiger partial charge in [-0.1, -0.05) is 23.7 Å². The summed E-state index contributed by atoms with van der Waals surface area (Å²) >= 11 is 7.55. The summed E-state index contributed by atoms with van der Waals surface area (Å²) in [5.74, 6) is -0.0582. The second-order valence-corrected chi connectivity index (χ2v) is 10.1. The van der Waals surface area contributed by atoms with Crippen molar-refractivity contribution in [1.82, 2.24) is 10.2 Å². The molecular formula is C25H24ClN3O3S. The predicted molar refractivity (Wildman–Crippen MR) is 130 cm³/mol. The van der Waals surface area contributed by atoms with Crippen LogP contribution in [-0.2, 0) is 13.0 Å². The number of carbonyl (C=O) groups is 2. The van der Waals surface area contributed by atoms with Crippen molar-refractivity contribution in [1.29, 1.82) is 0 Å². The molecule has 0 radical (unpaired) electrons. The maximum absolute atomic E-state index is 13.0. The highest BCUT2D eigenvalue weighted by Gasteiger charge is 2.33. The van der Waals surface area contributed by atoms with E-state index in [2.05, 4.69) is 29.4 Å². The lowest BCUT2D eigenvalue weighted by molar-refractivity contribution is 0.0734. The van der Waals surface area contributed by atoms with Crippen molar-refractivity contribution in [3.8, 4) is 5.75 Å². The zero-order valence-corrected chi connectivity index (χ0v) is 19.9. The summed E-state index contributed by atoms with van der Waals surface area (Å²) in [6.07, 6.45) is 0.555. The number of nitrogens with zero attached hydrogens (tertiary/aromatic N) is 1. The van der Waals surface area contributed by atoms with Crippen LogP contribution in [0.1, 0.15) is 56.7 Å². The number of thiophene rings is 1. The van der Waals surface area contributed by atoms with Crippen LogP contribution in [-0.4, -0.2) is 29.4 Å². The number of hydrogen-bond acceptors (Lipinski definition) is 6. The smallest absolute Gasteiger partial charge is 0.343 e. The molecular weight excluding hydrogens is 458 g/mol. The molecule has 2 N–H and O–H groups in total. The first kappa shape index (κ1) is 21.9. The van der Waals surface area contributed by atoms with Crippen LogP contribution in [0, 0.1) is 0 Å². The van der Waals surface area contributed by atoms with Crippen molar-refractivity contribution in [2.75, 3.05) is 11.9 Å². The van der Waals surface area contributed by atoms with Gasteiger partial charge in [0.2, 0.25) is 0 Å². The van der Waals surface area contributed by atoms with Gasteiger partial charge < -0.3 is 15.4 Å². The van der Waals surface area contributed by atoms with Crippen molar-refractivity contribution in [3.63, 3.8) is 0 Å². The lowest BCUT2D eigenvalue weighted by atomic mass is 9.99. The quantitative estimate of drug-likeness (QED) is 0.394. The molecule has 3 aromatic rings. The van der Waals surface area contributed by atoms with E-state index >= 15 is 0 Å². The number of ether oxygens (including phenoxy) is 1. The highest BCUT2D eigenvalue weighted by molar-refractivity contribution is 7.16. The first-order chi connectivity index (χ1) is 15.9. The number of hydrogen-bond donors (Lipinski definition) is 2. The molecule has 5 rings (SSSR count). The van der Waals surface area contributed by atoms with Crippen molar-refractivity contribution in [2.24, 2.45) is 0 Å². The number of fused-ring (bicyclic) bond motifs is 3. The van der Waals surface area contributed by atoms with E-state index in [0.29, 0.717) is 22.4 Å². The Kier molecular flexibility index (Phi) is 5.86. The summed E-state index contributed by atoms with van der Waals surface area (Å²) in [4.78, 5) is 29.0. The number of benzene rings is 2. The third kappa shape index (κ3) is 4.36. The number of rotatable bonds is 4. The van der Waals surface area contributed by atoms with E-state index in [9.17, 15) is 9.59 Å². The standard InChI is InChI=1S/C25H24ClN3O3S/c1-14(2)29-12-11-19-20(13-29)33-24-21(19)23(30)27-22(28-24)15-5-9-18(10-6-15)32-25(31)16-3-7-17(26)8-4-16/h3-10,14,22,28H,11-13H2,1-2H3,(H,27,30)/t22-/m0/s1. The van der Waals surface area contributed by atoms with E-state index in [0.717, 1.165) is 35.6 Å². The van der Waals surface area contributed by atoms with Crippen LogP contribution in [0.2, 0.25) is 5.02 Å². The predicted octanol–water partition coefficient (Wildman–Crippen LogP) is 5.24. The van der Waals surface area contributed by atoms with Gasteiger partial charge in [0.1, 0.15) is 16.9 Å². The van der Waals surface area contributed by atoms with Gasteiger partial charge in [-0.25, -0.2) is 4.79 Å². The molecule has 0 saturated carbocycles. The fourth-order valence-corrected chi connectivity index (χ4v) is 5.65. The molecule has 6 nitrogen and oxygen atoms in total. The minimum Gasteiger partial charge on any atom is -0.423 e. The van der Waals surface area contributed by atoms with Crippen LogP contribution >= 0.6 is 22.9 Å². The van der Waals surface area contributed by atoms with E-state index in [-0.39, 0.29) is 12.1 Å². The molecule has 2 aliphatic heterocycles. The molecule has 0 fully saturated rings. The average Bonchev–Trinajstić information content (AvgIpc) is 3.18. The van der Waals surface area contributed by atoms with E-state index in [1.165, 1.54) is 10.4 Å². The van der Waals surface area contributed by atoms with Gasteiger partial charge in [0.25, 0.3) is 5.91 Å². The van der Waals surface area contributed by atoms with Crippen molar-refractivity contribution >= 4 is 39.8 Å². The zero-order valence-electron chi connectivity index (χ0n) is 18.4. The molecule has 2 aliphatic rings. The Balaban J connectivity index is 1.30. The average molecular weight is 482 g/mol. The van der Waals surface area contributed by atoms with Gasteiger partial charge in [-0.2, -0.15) is 0 Å². The summed E-state index contributed by atoms with van der Waals surface area (Å²) in [6, 6.07) is 14.2. The minimum atomic E-state index is -0.451. The van der Waals surface area contributed by atoms with Gasteiger partial charge in [0.05, 0.1) is 11.1 Å². The van der Waals surface area contributed by atoms with Crippen LogP contribution < -0.4 is 15.4 Å². The molecule has 1 amide bonds. The lowest BCUT2D eigenvalue weighted by Crippen LogP contribution is -2.39. The number of anilines is 1.